The number of rotatable bonds is 5. The second kappa shape index (κ2) is 6.68. The first kappa shape index (κ1) is 16.1. The van der Waals surface area contributed by atoms with Crippen molar-refractivity contribution in [2.75, 3.05) is 24.5 Å². The number of anilines is 1. The standard InChI is InChI=1S/C15H22F2N2O2/c1-9(2)5-18-6-10-3-11(16)15(12(17)4-10)19-7-13(20)14(21)8-19/h3-4,9,13-14,18,20-21H,5-8H2,1-2H3. The molecule has 0 spiro atoms. The van der Waals surface area contributed by atoms with Gasteiger partial charge in [0.25, 0.3) is 0 Å². The molecule has 4 nitrogen and oxygen atoms in total. The lowest BCUT2D eigenvalue weighted by atomic mass is 10.1. The third-order valence-electron chi connectivity index (χ3n) is 3.53. The first-order chi connectivity index (χ1) is 9.88. The van der Waals surface area contributed by atoms with Crippen LogP contribution in [0.5, 0.6) is 0 Å². The number of aliphatic hydroxyl groups is 2. The Kier molecular flexibility index (Phi) is 5.13. The van der Waals surface area contributed by atoms with E-state index >= 15 is 0 Å². The van der Waals surface area contributed by atoms with E-state index in [2.05, 4.69) is 19.2 Å². The van der Waals surface area contributed by atoms with Crippen molar-refractivity contribution in [3.05, 3.63) is 29.3 Å². The lowest BCUT2D eigenvalue weighted by Crippen LogP contribution is -2.24. The predicted octanol–water partition coefficient (Wildman–Crippen LogP) is 1.25. The number of halogens is 2. The molecule has 1 aliphatic heterocycles. The quantitative estimate of drug-likeness (QED) is 0.766. The molecule has 1 aliphatic rings. The van der Waals surface area contributed by atoms with E-state index in [9.17, 15) is 19.0 Å². The highest BCUT2D eigenvalue weighted by molar-refractivity contribution is 5.52. The monoisotopic (exact) mass is 300 g/mol. The van der Waals surface area contributed by atoms with Gasteiger partial charge in [-0.2, -0.15) is 0 Å². The summed E-state index contributed by atoms with van der Waals surface area (Å²) < 4.78 is 28.3. The topological polar surface area (TPSA) is 55.7 Å². The molecule has 1 aromatic rings. The largest absolute Gasteiger partial charge is 0.389 e. The van der Waals surface area contributed by atoms with Crippen LogP contribution >= 0.6 is 0 Å². The number of benzene rings is 1. The molecule has 1 saturated heterocycles. The summed E-state index contributed by atoms with van der Waals surface area (Å²) in [7, 11) is 0. The average Bonchev–Trinajstić information content (AvgIpc) is 2.67. The molecular formula is C15H22F2N2O2. The Bertz CT molecular complexity index is 464. The van der Waals surface area contributed by atoms with Gasteiger partial charge in [0.15, 0.2) is 0 Å². The van der Waals surface area contributed by atoms with Crippen LogP contribution < -0.4 is 10.2 Å². The minimum Gasteiger partial charge on any atom is -0.389 e. The van der Waals surface area contributed by atoms with E-state index in [-0.39, 0.29) is 18.8 Å². The van der Waals surface area contributed by atoms with Gasteiger partial charge in [-0.25, -0.2) is 8.78 Å². The van der Waals surface area contributed by atoms with E-state index in [1.807, 2.05) is 0 Å². The van der Waals surface area contributed by atoms with E-state index in [0.717, 1.165) is 6.54 Å². The van der Waals surface area contributed by atoms with Gasteiger partial charge in [0, 0.05) is 19.6 Å². The maximum Gasteiger partial charge on any atom is 0.149 e. The molecule has 2 atom stereocenters. The zero-order valence-electron chi connectivity index (χ0n) is 12.3. The SMILES string of the molecule is CC(C)CNCc1cc(F)c(N2CC(O)C(O)C2)c(F)c1. The highest BCUT2D eigenvalue weighted by atomic mass is 19.1. The number of hydrogen-bond donors (Lipinski definition) is 3. The minimum absolute atomic E-state index is 0.0277. The van der Waals surface area contributed by atoms with Gasteiger partial charge in [0.2, 0.25) is 0 Å². The minimum atomic E-state index is -0.976. The first-order valence-electron chi connectivity index (χ1n) is 7.18. The second-order valence-corrected chi connectivity index (χ2v) is 5.97. The lowest BCUT2D eigenvalue weighted by molar-refractivity contribution is 0.0572. The van der Waals surface area contributed by atoms with Crippen molar-refractivity contribution in [1.29, 1.82) is 0 Å². The highest BCUT2D eigenvalue weighted by Crippen LogP contribution is 2.28. The molecular weight excluding hydrogens is 278 g/mol. The third-order valence-corrected chi connectivity index (χ3v) is 3.53. The third kappa shape index (κ3) is 3.90. The van der Waals surface area contributed by atoms with Gasteiger partial charge in [-0.05, 0) is 30.2 Å². The fraction of sp³-hybridized carbons (Fsp3) is 0.600. The van der Waals surface area contributed by atoms with Gasteiger partial charge in [-0.1, -0.05) is 13.8 Å². The molecule has 0 amide bonds. The van der Waals surface area contributed by atoms with Crippen LogP contribution in [0.4, 0.5) is 14.5 Å². The summed E-state index contributed by atoms with van der Waals surface area (Å²) in [5.74, 6) is -0.873. The number of β-amino-alcohol motifs (C(OH)–C–C–N with tert-alkyl or cyclic N) is 2. The average molecular weight is 300 g/mol. The fourth-order valence-corrected chi connectivity index (χ4v) is 2.48. The van der Waals surface area contributed by atoms with E-state index < -0.39 is 23.8 Å². The maximum atomic E-state index is 14.1. The molecule has 3 N–H and O–H groups in total. The van der Waals surface area contributed by atoms with Gasteiger partial charge in [0.1, 0.15) is 17.3 Å². The zero-order chi connectivity index (χ0) is 15.6. The molecule has 0 aliphatic carbocycles. The van der Waals surface area contributed by atoms with Crippen LogP contribution in [0.25, 0.3) is 0 Å². The molecule has 0 aromatic heterocycles. The van der Waals surface area contributed by atoms with Crippen LogP contribution in [-0.4, -0.2) is 42.1 Å². The zero-order valence-corrected chi connectivity index (χ0v) is 12.3. The molecule has 118 valence electrons. The summed E-state index contributed by atoms with van der Waals surface area (Å²) in [6.07, 6.45) is -1.95. The molecule has 0 radical (unpaired) electrons. The Morgan fingerprint density at radius 3 is 2.19 bits per heavy atom. The van der Waals surface area contributed by atoms with Crippen molar-refractivity contribution in [1.82, 2.24) is 5.32 Å². The van der Waals surface area contributed by atoms with Crippen molar-refractivity contribution in [2.24, 2.45) is 5.92 Å². The van der Waals surface area contributed by atoms with Crippen LogP contribution in [0.3, 0.4) is 0 Å². The molecule has 2 unspecified atom stereocenters. The summed E-state index contributed by atoms with van der Waals surface area (Å²) in [5.41, 5.74) is 0.355. The predicted molar refractivity (Wildman–Crippen MR) is 77.1 cm³/mol. The second-order valence-electron chi connectivity index (χ2n) is 5.97. The Morgan fingerprint density at radius 1 is 1.19 bits per heavy atom. The Morgan fingerprint density at radius 2 is 1.71 bits per heavy atom. The number of nitrogens with zero attached hydrogens (tertiary/aromatic N) is 1. The van der Waals surface area contributed by atoms with Crippen LogP contribution in [0.2, 0.25) is 0 Å². The molecule has 21 heavy (non-hydrogen) atoms. The van der Waals surface area contributed by atoms with Gasteiger partial charge in [-0.3, -0.25) is 0 Å². The van der Waals surface area contributed by atoms with E-state index in [4.69, 9.17) is 0 Å². The van der Waals surface area contributed by atoms with E-state index in [1.165, 1.54) is 17.0 Å². The normalized spacial score (nSPS) is 22.3. The van der Waals surface area contributed by atoms with Crippen LogP contribution in [0, 0.1) is 17.6 Å². The molecule has 0 saturated carbocycles. The lowest BCUT2D eigenvalue weighted by Gasteiger charge is -2.20. The van der Waals surface area contributed by atoms with Gasteiger partial charge in [0.05, 0.1) is 12.2 Å². The first-order valence-corrected chi connectivity index (χ1v) is 7.18. The van der Waals surface area contributed by atoms with E-state index in [1.54, 1.807) is 0 Å². The van der Waals surface area contributed by atoms with Crippen molar-refractivity contribution in [3.8, 4) is 0 Å². The molecule has 6 heteroatoms. The number of hydrogen-bond acceptors (Lipinski definition) is 4. The highest BCUT2D eigenvalue weighted by Gasteiger charge is 2.32. The van der Waals surface area contributed by atoms with Gasteiger partial charge < -0.3 is 20.4 Å². The van der Waals surface area contributed by atoms with Crippen LogP contribution in [-0.2, 0) is 6.54 Å². The summed E-state index contributed by atoms with van der Waals surface area (Å²) in [6.45, 7) is 5.34. The van der Waals surface area contributed by atoms with Crippen molar-refractivity contribution in [2.45, 2.75) is 32.6 Å². The summed E-state index contributed by atoms with van der Waals surface area (Å²) in [6, 6.07) is 2.59. The summed E-state index contributed by atoms with van der Waals surface area (Å²) in [4.78, 5) is 1.34. The summed E-state index contributed by atoms with van der Waals surface area (Å²) >= 11 is 0. The maximum absolute atomic E-state index is 14.1. The van der Waals surface area contributed by atoms with Crippen LogP contribution in [0.1, 0.15) is 19.4 Å². The van der Waals surface area contributed by atoms with Crippen LogP contribution in [0.15, 0.2) is 12.1 Å². The Balaban J connectivity index is 2.10. The van der Waals surface area contributed by atoms with Crippen molar-refractivity contribution < 1.29 is 19.0 Å². The molecule has 1 fully saturated rings. The fourth-order valence-electron chi connectivity index (χ4n) is 2.48. The van der Waals surface area contributed by atoms with Crippen molar-refractivity contribution in [3.63, 3.8) is 0 Å². The Hall–Kier alpha value is -1.24. The van der Waals surface area contributed by atoms with Gasteiger partial charge >= 0.3 is 0 Å². The molecule has 1 heterocycles. The molecule has 1 aromatic carbocycles. The van der Waals surface area contributed by atoms with E-state index in [0.29, 0.717) is 18.0 Å². The van der Waals surface area contributed by atoms with Gasteiger partial charge in [-0.15, -0.1) is 0 Å². The summed E-state index contributed by atoms with van der Waals surface area (Å²) in [5, 5.41) is 22.1. The molecule has 2 rings (SSSR count). The van der Waals surface area contributed by atoms with Crippen molar-refractivity contribution >= 4 is 5.69 Å². The number of nitrogens with one attached hydrogen (secondary N) is 1. The Labute approximate surface area is 123 Å². The number of aliphatic hydroxyl groups excluding tert-OH is 2. The smallest absolute Gasteiger partial charge is 0.149 e. The molecule has 0 bridgehead atoms.